The quantitative estimate of drug-likeness (QED) is 0.493. The Labute approximate surface area is 199 Å². The van der Waals surface area contributed by atoms with Gasteiger partial charge in [-0.3, -0.25) is 14.7 Å². The van der Waals surface area contributed by atoms with Crippen LogP contribution in [0.25, 0.3) is 0 Å². The predicted octanol–water partition coefficient (Wildman–Crippen LogP) is 4.20. The van der Waals surface area contributed by atoms with Crippen LogP contribution in [0.2, 0.25) is 0 Å². The molecule has 0 spiro atoms. The monoisotopic (exact) mass is 464 g/mol. The molecule has 33 heavy (non-hydrogen) atoms. The van der Waals surface area contributed by atoms with Crippen LogP contribution in [-0.4, -0.2) is 52.9 Å². The summed E-state index contributed by atoms with van der Waals surface area (Å²) in [5, 5.41) is 5.15. The van der Waals surface area contributed by atoms with Gasteiger partial charge in [0.2, 0.25) is 0 Å². The fraction of sp³-hybridized carbons (Fsp3) is 0.500. The Morgan fingerprint density at radius 3 is 2.67 bits per heavy atom. The van der Waals surface area contributed by atoms with Crippen molar-refractivity contribution in [3.8, 4) is 0 Å². The highest BCUT2D eigenvalue weighted by atomic mass is 32.1. The molecular weight excluding hydrogens is 432 g/mol. The number of allylic oxidation sites excluding steroid dienone is 2. The number of hydrogen-bond donors (Lipinski definition) is 1. The Morgan fingerprint density at radius 2 is 1.97 bits per heavy atom. The summed E-state index contributed by atoms with van der Waals surface area (Å²) >= 11 is 1.66. The summed E-state index contributed by atoms with van der Waals surface area (Å²) in [5.41, 5.74) is -0.397. The van der Waals surface area contributed by atoms with Crippen LogP contribution in [0.15, 0.2) is 54.1 Å². The van der Waals surface area contributed by atoms with Gasteiger partial charge >= 0.3 is 6.03 Å². The lowest BCUT2D eigenvalue weighted by Crippen LogP contribution is -2.54. The molecular formula is C26H32N4O2S. The average molecular weight is 465 g/mol. The minimum Gasteiger partial charge on any atom is -0.318 e. The molecule has 0 radical (unpaired) electrons. The number of pyridine rings is 1. The van der Waals surface area contributed by atoms with Crippen molar-refractivity contribution in [2.75, 3.05) is 26.2 Å². The summed E-state index contributed by atoms with van der Waals surface area (Å²) in [6, 6.07) is 9.41. The number of carbonyl (C=O) groups excluding carboxylic acids is 2. The minimum absolute atomic E-state index is 0.0399. The lowest BCUT2D eigenvalue weighted by atomic mass is 9.75. The molecule has 2 saturated heterocycles. The summed E-state index contributed by atoms with van der Waals surface area (Å²) in [6.45, 7) is 3.43. The largest absolute Gasteiger partial charge is 0.325 e. The maximum atomic E-state index is 13.9. The zero-order valence-electron chi connectivity index (χ0n) is 19.0. The van der Waals surface area contributed by atoms with E-state index in [1.165, 1.54) is 29.0 Å². The molecule has 2 aromatic heterocycles. The van der Waals surface area contributed by atoms with E-state index in [1.807, 2.05) is 35.7 Å². The molecule has 6 nitrogen and oxygen atoms in total. The Balaban J connectivity index is 1.33. The van der Waals surface area contributed by atoms with E-state index in [9.17, 15) is 9.59 Å². The molecule has 2 aromatic rings. The van der Waals surface area contributed by atoms with Crippen molar-refractivity contribution < 1.29 is 9.59 Å². The van der Waals surface area contributed by atoms with E-state index in [1.54, 1.807) is 17.5 Å². The lowest BCUT2D eigenvalue weighted by Gasteiger charge is -2.41. The summed E-state index contributed by atoms with van der Waals surface area (Å²) in [5.74, 6) is 0.633. The molecule has 0 aromatic carbocycles. The number of rotatable bonds is 7. The van der Waals surface area contributed by atoms with Gasteiger partial charge in [0.15, 0.2) is 5.54 Å². The molecule has 3 amide bonds. The van der Waals surface area contributed by atoms with E-state index in [2.05, 4.69) is 27.4 Å². The van der Waals surface area contributed by atoms with E-state index in [4.69, 9.17) is 0 Å². The smallest absolute Gasteiger partial charge is 0.318 e. The van der Waals surface area contributed by atoms with Crippen LogP contribution in [0.3, 0.4) is 0 Å². The number of carbonyl (C=O) groups is 2. The molecule has 1 aliphatic carbocycles. The Hall–Kier alpha value is -2.51. The Kier molecular flexibility index (Phi) is 6.60. The molecule has 2 atom stereocenters. The highest BCUT2D eigenvalue weighted by molar-refractivity contribution is 7.09. The fourth-order valence-corrected chi connectivity index (χ4v) is 6.36. The number of imide groups is 1. The first-order valence-corrected chi connectivity index (χ1v) is 13.0. The molecule has 7 heteroatoms. The number of piperidine rings is 1. The number of hydrogen-bond acceptors (Lipinski definition) is 5. The number of nitrogens with zero attached hydrogens (tertiary/aromatic N) is 3. The first-order chi connectivity index (χ1) is 16.2. The summed E-state index contributed by atoms with van der Waals surface area (Å²) < 4.78 is 0. The third-order valence-corrected chi connectivity index (χ3v) is 8.39. The highest BCUT2D eigenvalue weighted by Gasteiger charge is 2.57. The van der Waals surface area contributed by atoms with Crippen LogP contribution in [0.5, 0.6) is 0 Å². The topological polar surface area (TPSA) is 65.5 Å². The first kappa shape index (κ1) is 22.3. The molecule has 5 rings (SSSR count). The van der Waals surface area contributed by atoms with Gasteiger partial charge in [0.05, 0.1) is 5.69 Å². The summed E-state index contributed by atoms with van der Waals surface area (Å²) in [6.07, 6.45) is 12.4. The fourth-order valence-electron chi connectivity index (χ4n) is 5.67. The van der Waals surface area contributed by atoms with Gasteiger partial charge in [0.25, 0.3) is 5.91 Å². The van der Waals surface area contributed by atoms with E-state index in [0.717, 1.165) is 38.4 Å². The number of nitrogens with one attached hydrogen (secondary N) is 1. The average Bonchev–Trinajstić information content (AvgIpc) is 3.46. The molecule has 0 saturated carbocycles. The molecule has 0 bridgehead atoms. The maximum absolute atomic E-state index is 13.9. The second-order valence-electron chi connectivity index (χ2n) is 9.46. The van der Waals surface area contributed by atoms with Crippen molar-refractivity contribution in [3.05, 3.63) is 64.6 Å². The number of aromatic nitrogens is 1. The van der Waals surface area contributed by atoms with Crippen LogP contribution < -0.4 is 5.32 Å². The zero-order chi connectivity index (χ0) is 22.7. The maximum Gasteiger partial charge on any atom is 0.325 e. The molecule has 174 valence electrons. The third kappa shape index (κ3) is 4.49. The van der Waals surface area contributed by atoms with Crippen LogP contribution in [0.1, 0.15) is 42.7 Å². The van der Waals surface area contributed by atoms with Crippen LogP contribution in [0.4, 0.5) is 4.79 Å². The van der Waals surface area contributed by atoms with Crippen LogP contribution >= 0.6 is 11.3 Å². The van der Waals surface area contributed by atoms with Crippen LogP contribution in [0, 0.1) is 11.8 Å². The van der Waals surface area contributed by atoms with Crippen molar-refractivity contribution >= 4 is 23.3 Å². The van der Waals surface area contributed by atoms with Crippen LogP contribution in [-0.2, 0) is 16.8 Å². The van der Waals surface area contributed by atoms with Gasteiger partial charge in [-0.05, 0) is 87.0 Å². The molecule has 0 unspecified atom stereocenters. The van der Waals surface area contributed by atoms with E-state index in [-0.39, 0.29) is 17.9 Å². The van der Waals surface area contributed by atoms with Crippen molar-refractivity contribution in [1.82, 2.24) is 20.1 Å². The van der Waals surface area contributed by atoms with Gasteiger partial charge < -0.3 is 10.2 Å². The predicted molar refractivity (Wildman–Crippen MR) is 130 cm³/mol. The van der Waals surface area contributed by atoms with E-state index < -0.39 is 5.54 Å². The second-order valence-corrected chi connectivity index (χ2v) is 10.5. The van der Waals surface area contributed by atoms with E-state index >= 15 is 0 Å². The second kappa shape index (κ2) is 9.77. The van der Waals surface area contributed by atoms with E-state index in [0.29, 0.717) is 18.7 Å². The van der Waals surface area contributed by atoms with Gasteiger partial charge in [0, 0.05) is 24.2 Å². The van der Waals surface area contributed by atoms with Crippen molar-refractivity contribution in [2.45, 2.75) is 44.1 Å². The first-order valence-electron chi connectivity index (χ1n) is 12.1. The van der Waals surface area contributed by atoms with Crippen molar-refractivity contribution in [3.63, 3.8) is 0 Å². The van der Waals surface area contributed by atoms with Gasteiger partial charge in [-0.15, -0.1) is 11.3 Å². The molecule has 1 N–H and O–H groups in total. The van der Waals surface area contributed by atoms with Gasteiger partial charge in [0.1, 0.15) is 0 Å². The summed E-state index contributed by atoms with van der Waals surface area (Å²) in [4.78, 5) is 36.6. The highest BCUT2D eigenvalue weighted by Crippen LogP contribution is 2.41. The number of thiophene rings is 1. The Bertz CT molecular complexity index is 985. The van der Waals surface area contributed by atoms with Gasteiger partial charge in [-0.1, -0.05) is 24.3 Å². The number of urea groups is 1. The third-order valence-electron chi connectivity index (χ3n) is 7.46. The Morgan fingerprint density at radius 1 is 1.09 bits per heavy atom. The molecule has 4 heterocycles. The number of amides is 3. The SMILES string of the molecule is O=C1N[C@](c2ccccn2)(C2CCN(C[C@@H]3CC=CCC3)CC2)C(=O)N1CCc1cccs1. The minimum atomic E-state index is -1.06. The molecule has 3 aliphatic rings. The van der Waals surface area contributed by atoms with Gasteiger partial charge in [-0.25, -0.2) is 4.79 Å². The van der Waals surface area contributed by atoms with Gasteiger partial charge in [-0.2, -0.15) is 0 Å². The lowest BCUT2D eigenvalue weighted by molar-refractivity contribution is -0.134. The van der Waals surface area contributed by atoms with Crippen molar-refractivity contribution in [2.24, 2.45) is 11.8 Å². The standard InChI is InChI=1S/C26H32N4O2S/c31-24-26(23-10-4-5-14-27-23,28-25(32)30(24)17-13-22-9-6-18-33-22)21-11-15-29(16-12-21)19-20-7-2-1-3-8-20/h1-2,4-6,9-10,14,18,20-21H,3,7-8,11-13,15-17,19H2,(H,28,32)/t20-,26+/m1/s1. The van der Waals surface area contributed by atoms with Crippen molar-refractivity contribution in [1.29, 1.82) is 0 Å². The molecule has 2 aliphatic heterocycles. The number of likely N-dealkylation sites (tertiary alicyclic amines) is 1. The summed E-state index contributed by atoms with van der Waals surface area (Å²) in [7, 11) is 0. The molecule has 2 fully saturated rings. The normalized spacial score (nSPS) is 26.7. The zero-order valence-corrected chi connectivity index (χ0v) is 19.8.